The molecule has 102 valence electrons. The van der Waals surface area contributed by atoms with E-state index < -0.39 is 0 Å². The molecule has 1 saturated heterocycles. The first-order valence-corrected chi connectivity index (χ1v) is 5.97. The Hall–Kier alpha value is -1.07. The fourth-order valence-corrected chi connectivity index (χ4v) is 2.20. The number of aryl methyl sites for hydroxylation is 2. The van der Waals surface area contributed by atoms with E-state index >= 15 is 0 Å². The normalized spacial score (nSPS) is 18.5. The molecular weight excluding hydrogens is 254 g/mol. The second-order valence-electron chi connectivity index (χ2n) is 4.63. The summed E-state index contributed by atoms with van der Waals surface area (Å²) in [4.78, 5) is 14.0. The van der Waals surface area contributed by atoms with Gasteiger partial charge in [-0.05, 0) is 26.8 Å². The van der Waals surface area contributed by atoms with Crippen molar-refractivity contribution in [3.8, 4) is 0 Å². The molecule has 1 unspecified atom stereocenters. The molecule has 0 bridgehead atoms. The van der Waals surface area contributed by atoms with Gasteiger partial charge in [-0.25, -0.2) is 0 Å². The van der Waals surface area contributed by atoms with Crippen LogP contribution in [0.1, 0.15) is 23.4 Å². The van der Waals surface area contributed by atoms with E-state index in [4.69, 9.17) is 4.52 Å². The van der Waals surface area contributed by atoms with Crippen molar-refractivity contribution in [3.63, 3.8) is 0 Å². The monoisotopic (exact) mass is 273 g/mol. The van der Waals surface area contributed by atoms with E-state index in [1.54, 1.807) is 0 Å². The Bertz CT molecular complexity index is 394. The van der Waals surface area contributed by atoms with Crippen molar-refractivity contribution in [1.82, 2.24) is 15.4 Å². The first kappa shape index (κ1) is 15.0. The maximum atomic E-state index is 12.1. The van der Waals surface area contributed by atoms with E-state index in [9.17, 15) is 4.79 Å². The number of carbonyl (C=O) groups excluding carboxylic acids is 1. The second kappa shape index (κ2) is 6.20. The maximum Gasteiger partial charge on any atom is 0.227 e. The van der Waals surface area contributed by atoms with Gasteiger partial charge in [0.05, 0.1) is 12.1 Å². The van der Waals surface area contributed by atoms with Gasteiger partial charge in [0.2, 0.25) is 5.91 Å². The largest absolute Gasteiger partial charge is 0.361 e. The molecule has 0 radical (unpaired) electrons. The average molecular weight is 274 g/mol. The Labute approximate surface area is 113 Å². The highest BCUT2D eigenvalue weighted by Crippen LogP contribution is 2.15. The molecule has 1 aromatic heterocycles. The van der Waals surface area contributed by atoms with Crippen LogP contribution in [0, 0.1) is 13.8 Å². The van der Waals surface area contributed by atoms with Crippen molar-refractivity contribution in [1.29, 1.82) is 0 Å². The molecule has 1 aliphatic rings. The molecule has 2 heterocycles. The second-order valence-corrected chi connectivity index (χ2v) is 4.63. The lowest BCUT2D eigenvalue weighted by Crippen LogP contribution is -2.39. The minimum absolute atomic E-state index is 0. The number of carbonyl (C=O) groups is 1. The Morgan fingerprint density at radius 3 is 2.78 bits per heavy atom. The quantitative estimate of drug-likeness (QED) is 0.895. The number of halogens is 1. The standard InChI is InChI=1S/C12H19N3O2.ClH/c1-8-11(9(2)17-14-8)6-12(16)15(3)10-4-5-13-7-10;/h10,13H,4-7H2,1-3H3;1H. The molecule has 1 amide bonds. The molecule has 0 saturated carbocycles. The number of aromatic nitrogens is 1. The van der Waals surface area contributed by atoms with Crippen LogP contribution in [0.2, 0.25) is 0 Å². The molecular formula is C12H20ClN3O2. The smallest absolute Gasteiger partial charge is 0.227 e. The highest BCUT2D eigenvalue weighted by atomic mass is 35.5. The Morgan fingerprint density at radius 1 is 1.56 bits per heavy atom. The molecule has 1 aromatic rings. The molecule has 0 aliphatic carbocycles. The third-order valence-corrected chi connectivity index (χ3v) is 3.48. The van der Waals surface area contributed by atoms with Gasteiger partial charge in [0.15, 0.2) is 0 Å². The summed E-state index contributed by atoms with van der Waals surface area (Å²) in [5, 5.41) is 7.13. The summed E-state index contributed by atoms with van der Waals surface area (Å²) in [6.45, 7) is 5.60. The summed E-state index contributed by atoms with van der Waals surface area (Å²) in [6, 6.07) is 0.322. The number of hydrogen-bond acceptors (Lipinski definition) is 4. The Balaban J connectivity index is 0.00000162. The fourth-order valence-electron chi connectivity index (χ4n) is 2.20. The van der Waals surface area contributed by atoms with Crippen LogP contribution < -0.4 is 5.32 Å². The maximum absolute atomic E-state index is 12.1. The van der Waals surface area contributed by atoms with Crippen LogP contribution in [0.4, 0.5) is 0 Å². The predicted molar refractivity (Wildman–Crippen MR) is 71.0 cm³/mol. The van der Waals surface area contributed by atoms with Crippen LogP contribution in [-0.4, -0.2) is 42.1 Å². The average Bonchev–Trinajstić information content (AvgIpc) is 2.93. The number of nitrogens with zero attached hydrogens (tertiary/aromatic N) is 2. The first-order chi connectivity index (χ1) is 8.09. The zero-order valence-corrected chi connectivity index (χ0v) is 11.8. The van der Waals surface area contributed by atoms with Crippen molar-refractivity contribution in [3.05, 3.63) is 17.0 Å². The van der Waals surface area contributed by atoms with E-state index in [1.165, 1.54) is 0 Å². The number of hydrogen-bond donors (Lipinski definition) is 1. The minimum atomic E-state index is 0. The lowest BCUT2D eigenvalue weighted by atomic mass is 10.1. The zero-order chi connectivity index (χ0) is 12.4. The molecule has 0 aromatic carbocycles. The number of nitrogens with one attached hydrogen (secondary N) is 1. The molecule has 1 fully saturated rings. The van der Waals surface area contributed by atoms with Crippen molar-refractivity contribution < 1.29 is 9.32 Å². The molecule has 6 heteroatoms. The summed E-state index contributed by atoms with van der Waals surface area (Å²) < 4.78 is 5.07. The summed E-state index contributed by atoms with van der Waals surface area (Å²) in [7, 11) is 1.87. The van der Waals surface area contributed by atoms with Crippen LogP contribution in [-0.2, 0) is 11.2 Å². The number of rotatable bonds is 3. The van der Waals surface area contributed by atoms with Gasteiger partial charge in [0.25, 0.3) is 0 Å². The Kier molecular flexibility index (Phi) is 5.16. The van der Waals surface area contributed by atoms with Crippen molar-refractivity contribution in [2.75, 3.05) is 20.1 Å². The zero-order valence-electron chi connectivity index (χ0n) is 11.0. The van der Waals surface area contributed by atoms with E-state index in [2.05, 4.69) is 10.5 Å². The van der Waals surface area contributed by atoms with Gasteiger partial charge in [-0.2, -0.15) is 0 Å². The lowest BCUT2D eigenvalue weighted by Gasteiger charge is -2.23. The van der Waals surface area contributed by atoms with Gasteiger partial charge in [-0.1, -0.05) is 5.16 Å². The molecule has 18 heavy (non-hydrogen) atoms. The van der Waals surface area contributed by atoms with Crippen LogP contribution in [0.5, 0.6) is 0 Å². The van der Waals surface area contributed by atoms with Gasteiger partial charge in [-0.3, -0.25) is 4.79 Å². The van der Waals surface area contributed by atoms with Crippen LogP contribution in [0.15, 0.2) is 4.52 Å². The Morgan fingerprint density at radius 2 is 2.28 bits per heavy atom. The van der Waals surface area contributed by atoms with E-state index in [1.807, 2.05) is 25.8 Å². The summed E-state index contributed by atoms with van der Waals surface area (Å²) in [5.74, 6) is 0.877. The molecule has 1 atom stereocenters. The summed E-state index contributed by atoms with van der Waals surface area (Å²) in [5.41, 5.74) is 1.74. The van der Waals surface area contributed by atoms with Gasteiger partial charge in [-0.15, -0.1) is 12.4 Å². The van der Waals surface area contributed by atoms with Crippen LogP contribution in [0.3, 0.4) is 0 Å². The van der Waals surface area contributed by atoms with E-state index in [0.29, 0.717) is 12.5 Å². The van der Waals surface area contributed by atoms with Crippen molar-refractivity contribution in [2.24, 2.45) is 0 Å². The van der Waals surface area contributed by atoms with Gasteiger partial charge in [0.1, 0.15) is 5.76 Å². The molecule has 2 rings (SSSR count). The number of likely N-dealkylation sites (N-methyl/N-ethyl adjacent to an activating group) is 1. The van der Waals surface area contributed by atoms with Crippen LogP contribution in [0.25, 0.3) is 0 Å². The molecule has 1 aliphatic heterocycles. The third-order valence-electron chi connectivity index (χ3n) is 3.48. The summed E-state index contributed by atoms with van der Waals surface area (Å²) in [6.07, 6.45) is 1.41. The van der Waals surface area contributed by atoms with E-state index in [-0.39, 0.29) is 18.3 Å². The van der Waals surface area contributed by atoms with Gasteiger partial charge in [0, 0.05) is 25.2 Å². The highest BCUT2D eigenvalue weighted by Gasteiger charge is 2.24. The topological polar surface area (TPSA) is 58.4 Å². The van der Waals surface area contributed by atoms with Gasteiger partial charge < -0.3 is 14.7 Å². The van der Waals surface area contributed by atoms with Gasteiger partial charge >= 0.3 is 0 Å². The number of amides is 1. The molecule has 1 N–H and O–H groups in total. The SMILES string of the molecule is Cc1noc(C)c1CC(=O)N(C)C1CCNC1.Cl. The van der Waals surface area contributed by atoms with Crippen molar-refractivity contribution in [2.45, 2.75) is 32.7 Å². The highest BCUT2D eigenvalue weighted by molar-refractivity contribution is 5.85. The van der Waals surface area contributed by atoms with Crippen LogP contribution >= 0.6 is 12.4 Å². The predicted octanol–water partition coefficient (Wildman–Crippen LogP) is 1.08. The minimum Gasteiger partial charge on any atom is -0.361 e. The first-order valence-electron chi connectivity index (χ1n) is 5.97. The fraction of sp³-hybridized carbons (Fsp3) is 0.667. The van der Waals surface area contributed by atoms with E-state index in [0.717, 1.165) is 36.5 Å². The lowest BCUT2D eigenvalue weighted by molar-refractivity contribution is -0.130. The third kappa shape index (κ3) is 3.03. The molecule has 0 spiro atoms. The molecule has 5 nitrogen and oxygen atoms in total. The summed E-state index contributed by atoms with van der Waals surface area (Å²) >= 11 is 0. The van der Waals surface area contributed by atoms with Crippen molar-refractivity contribution >= 4 is 18.3 Å².